The quantitative estimate of drug-likeness (QED) is 0.614. The van der Waals surface area contributed by atoms with Crippen LogP contribution in [0.5, 0.6) is 0 Å². The number of alkyl halides is 1. The van der Waals surface area contributed by atoms with Crippen molar-refractivity contribution in [2.75, 3.05) is 5.32 Å². The number of nitrogens with two attached hydrogens (primary N) is 1. The molecule has 3 nitrogen and oxygen atoms in total. The topological polar surface area (TPSA) is 50.4 Å². The van der Waals surface area contributed by atoms with Crippen LogP contribution in [0.4, 0.5) is 5.69 Å². The lowest BCUT2D eigenvalue weighted by Crippen LogP contribution is -2.35. The van der Waals surface area contributed by atoms with Gasteiger partial charge in [-0.3, -0.25) is 0 Å². The number of hydrogen-bond acceptors (Lipinski definition) is 4. The lowest BCUT2D eigenvalue weighted by molar-refractivity contribution is 0.750. The highest BCUT2D eigenvalue weighted by Crippen LogP contribution is 2.39. The number of amidine groups is 1. The molecule has 2 heterocycles. The van der Waals surface area contributed by atoms with E-state index >= 15 is 0 Å². The number of thiophene rings is 1. The molecule has 1 aliphatic rings. The summed E-state index contributed by atoms with van der Waals surface area (Å²) in [6, 6.07) is 11.6. The van der Waals surface area contributed by atoms with Gasteiger partial charge in [0.05, 0.1) is 4.88 Å². The second kappa shape index (κ2) is 3.75. The van der Waals surface area contributed by atoms with Crippen LogP contribution in [0.2, 0.25) is 0 Å². The lowest BCUT2D eigenvalue weighted by atomic mass is 10.1. The Morgan fingerprint density at radius 2 is 2.06 bits per heavy atom. The third-order valence-corrected chi connectivity index (χ3v) is 4.10. The summed E-state index contributed by atoms with van der Waals surface area (Å²) in [6.45, 7) is 0. The predicted molar refractivity (Wildman–Crippen MR) is 72.6 cm³/mol. The Bertz CT molecular complexity index is 579. The first-order chi connectivity index (χ1) is 8.19. The summed E-state index contributed by atoms with van der Waals surface area (Å²) in [5.74, 6) is 0.461. The molecule has 1 atom stereocenters. The van der Waals surface area contributed by atoms with E-state index in [1.165, 1.54) is 0 Å². The molecular formula is C12H10ClN3S. The fraction of sp³-hybridized carbons (Fsp3) is 0.0833. The van der Waals surface area contributed by atoms with Crippen LogP contribution in [0.3, 0.4) is 0 Å². The van der Waals surface area contributed by atoms with Gasteiger partial charge in [-0.2, -0.15) is 0 Å². The van der Waals surface area contributed by atoms with Gasteiger partial charge in [-0.15, -0.1) is 11.3 Å². The molecule has 1 unspecified atom stereocenters. The minimum Gasteiger partial charge on any atom is -0.383 e. The van der Waals surface area contributed by atoms with Crippen LogP contribution in [-0.2, 0) is 5.12 Å². The summed E-state index contributed by atoms with van der Waals surface area (Å²) < 4.78 is 0. The SMILES string of the molecule is NC1=NC(Cl)(c2cccs2)Nc2ccccc21. The number of halogens is 1. The van der Waals surface area contributed by atoms with E-state index in [0.717, 1.165) is 16.1 Å². The van der Waals surface area contributed by atoms with Crippen molar-refractivity contribution < 1.29 is 0 Å². The number of nitrogens with zero attached hydrogens (tertiary/aromatic N) is 1. The second-order valence-corrected chi connectivity index (χ2v) is 5.26. The van der Waals surface area contributed by atoms with Gasteiger partial charge in [-0.1, -0.05) is 29.8 Å². The maximum absolute atomic E-state index is 6.50. The molecule has 5 heteroatoms. The van der Waals surface area contributed by atoms with Gasteiger partial charge in [0.2, 0.25) is 5.12 Å². The summed E-state index contributed by atoms with van der Waals surface area (Å²) in [5, 5.41) is 4.20. The van der Waals surface area contributed by atoms with Crippen molar-refractivity contribution in [2.45, 2.75) is 5.12 Å². The van der Waals surface area contributed by atoms with Gasteiger partial charge >= 0.3 is 0 Å². The largest absolute Gasteiger partial charge is 0.383 e. The predicted octanol–water partition coefficient (Wildman–Crippen LogP) is 2.93. The zero-order valence-corrected chi connectivity index (χ0v) is 10.4. The molecule has 0 amide bonds. The molecule has 2 aromatic rings. The summed E-state index contributed by atoms with van der Waals surface area (Å²) >= 11 is 8.04. The van der Waals surface area contributed by atoms with Crippen LogP contribution >= 0.6 is 22.9 Å². The van der Waals surface area contributed by atoms with Crippen molar-refractivity contribution in [3.05, 3.63) is 52.2 Å². The third kappa shape index (κ3) is 1.69. The number of benzene rings is 1. The van der Waals surface area contributed by atoms with Crippen LogP contribution in [0.1, 0.15) is 10.4 Å². The molecule has 1 aromatic heterocycles. The Kier molecular flexibility index (Phi) is 2.34. The number of fused-ring (bicyclic) bond motifs is 1. The molecule has 0 spiro atoms. The van der Waals surface area contributed by atoms with Gasteiger partial charge in [0.25, 0.3) is 0 Å². The van der Waals surface area contributed by atoms with E-state index in [-0.39, 0.29) is 0 Å². The first kappa shape index (κ1) is 10.6. The molecule has 0 saturated heterocycles. The van der Waals surface area contributed by atoms with E-state index in [9.17, 15) is 0 Å². The minimum atomic E-state index is -0.980. The van der Waals surface area contributed by atoms with Crippen LogP contribution in [0, 0.1) is 0 Å². The molecule has 1 aliphatic heterocycles. The van der Waals surface area contributed by atoms with E-state index in [1.54, 1.807) is 11.3 Å². The van der Waals surface area contributed by atoms with Gasteiger partial charge in [0, 0.05) is 11.3 Å². The van der Waals surface area contributed by atoms with Crippen LogP contribution in [0.15, 0.2) is 46.8 Å². The Labute approximate surface area is 108 Å². The molecule has 0 aliphatic carbocycles. The Morgan fingerprint density at radius 3 is 2.82 bits per heavy atom. The first-order valence-corrected chi connectivity index (χ1v) is 6.41. The van der Waals surface area contributed by atoms with E-state index in [0.29, 0.717) is 5.84 Å². The fourth-order valence-corrected chi connectivity index (χ4v) is 2.94. The molecule has 86 valence electrons. The summed E-state index contributed by atoms with van der Waals surface area (Å²) in [5.41, 5.74) is 7.75. The van der Waals surface area contributed by atoms with Crippen molar-refractivity contribution in [1.29, 1.82) is 0 Å². The molecular weight excluding hydrogens is 254 g/mol. The van der Waals surface area contributed by atoms with Gasteiger partial charge < -0.3 is 11.1 Å². The Balaban J connectivity index is 2.12. The zero-order valence-electron chi connectivity index (χ0n) is 8.85. The van der Waals surface area contributed by atoms with Crippen LogP contribution < -0.4 is 11.1 Å². The van der Waals surface area contributed by atoms with Crippen molar-refractivity contribution >= 4 is 34.5 Å². The first-order valence-electron chi connectivity index (χ1n) is 5.15. The van der Waals surface area contributed by atoms with Crippen LogP contribution in [0.25, 0.3) is 0 Å². The van der Waals surface area contributed by atoms with Crippen molar-refractivity contribution in [2.24, 2.45) is 10.7 Å². The van der Waals surface area contributed by atoms with Gasteiger partial charge in [-0.05, 0) is 23.6 Å². The summed E-state index contributed by atoms with van der Waals surface area (Å²) in [6.07, 6.45) is 0. The van der Waals surface area contributed by atoms with E-state index in [1.807, 2.05) is 41.8 Å². The standard InChI is InChI=1S/C12H10ClN3S/c13-12(10-6-3-7-17-10)15-9-5-2-1-4-8(9)11(14)16-12/h1-7,15H,(H2,14,16). The molecule has 1 aromatic carbocycles. The number of hydrogen-bond donors (Lipinski definition) is 2. The Hall–Kier alpha value is -1.52. The number of para-hydroxylation sites is 1. The summed E-state index contributed by atoms with van der Waals surface area (Å²) in [7, 11) is 0. The van der Waals surface area contributed by atoms with Gasteiger partial charge in [0.15, 0.2) is 0 Å². The molecule has 0 bridgehead atoms. The van der Waals surface area contributed by atoms with Crippen molar-refractivity contribution in [1.82, 2.24) is 0 Å². The summed E-state index contributed by atoms with van der Waals surface area (Å²) in [4.78, 5) is 5.28. The second-order valence-electron chi connectivity index (χ2n) is 3.77. The number of rotatable bonds is 1. The minimum absolute atomic E-state index is 0.461. The highest BCUT2D eigenvalue weighted by molar-refractivity contribution is 7.10. The molecule has 0 fully saturated rings. The molecule has 0 saturated carbocycles. The highest BCUT2D eigenvalue weighted by Gasteiger charge is 2.34. The maximum Gasteiger partial charge on any atom is 0.244 e. The van der Waals surface area contributed by atoms with E-state index in [4.69, 9.17) is 17.3 Å². The molecule has 0 radical (unpaired) electrons. The van der Waals surface area contributed by atoms with Gasteiger partial charge in [-0.25, -0.2) is 4.99 Å². The molecule has 17 heavy (non-hydrogen) atoms. The Morgan fingerprint density at radius 1 is 1.24 bits per heavy atom. The zero-order chi connectivity index (χ0) is 11.9. The third-order valence-electron chi connectivity index (χ3n) is 2.63. The molecule has 3 N–H and O–H groups in total. The molecule has 3 rings (SSSR count). The van der Waals surface area contributed by atoms with E-state index in [2.05, 4.69) is 10.3 Å². The lowest BCUT2D eigenvalue weighted by Gasteiger charge is -2.30. The smallest absolute Gasteiger partial charge is 0.244 e. The number of aliphatic imine (C=N–C) groups is 1. The van der Waals surface area contributed by atoms with Crippen molar-refractivity contribution in [3.8, 4) is 0 Å². The maximum atomic E-state index is 6.50. The fourth-order valence-electron chi connectivity index (χ4n) is 1.83. The number of nitrogens with one attached hydrogen (secondary N) is 1. The van der Waals surface area contributed by atoms with Crippen LogP contribution in [-0.4, -0.2) is 5.84 Å². The number of anilines is 1. The average Bonchev–Trinajstić information content (AvgIpc) is 2.83. The van der Waals surface area contributed by atoms with Gasteiger partial charge in [0.1, 0.15) is 5.84 Å². The monoisotopic (exact) mass is 263 g/mol. The normalized spacial score (nSPS) is 22.5. The highest BCUT2D eigenvalue weighted by atomic mass is 35.5. The van der Waals surface area contributed by atoms with E-state index < -0.39 is 5.12 Å². The average molecular weight is 264 g/mol. The van der Waals surface area contributed by atoms with Crippen molar-refractivity contribution in [3.63, 3.8) is 0 Å².